The van der Waals surface area contributed by atoms with Crippen LogP contribution in [-0.4, -0.2) is 55.6 Å². The Kier molecular flexibility index (Phi) is 4.76. The number of para-hydroxylation sites is 2. The van der Waals surface area contributed by atoms with Gasteiger partial charge >= 0.3 is 0 Å². The van der Waals surface area contributed by atoms with Crippen molar-refractivity contribution in [1.82, 2.24) is 5.01 Å². The number of benzene rings is 1. The standard InChI is InChI=1S/C16H19N3O5S/c1-24-14-5-3-2-4-12(14)17-16(21)13-6-7-15(20)19(18-13)11-8-9-25(22,23)10-11/h2-5,11H,6-10H2,1H3,(H,17,21). The number of nitrogens with one attached hydrogen (secondary N) is 1. The number of amides is 2. The predicted octanol–water partition coefficient (Wildman–Crippen LogP) is 0.799. The van der Waals surface area contributed by atoms with Crippen molar-refractivity contribution in [3.05, 3.63) is 24.3 Å². The molecular formula is C16H19N3O5S. The van der Waals surface area contributed by atoms with Crippen molar-refractivity contribution in [2.45, 2.75) is 25.3 Å². The van der Waals surface area contributed by atoms with E-state index in [1.807, 2.05) is 0 Å². The first kappa shape index (κ1) is 17.4. The van der Waals surface area contributed by atoms with Gasteiger partial charge in [0.15, 0.2) is 9.84 Å². The highest BCUT2D eigenvalue weighted by Gasteiger charge is 2.37. The fourth-order valence-corrected chi connectivity index (χ4v) is 4.62. The van der Waals surface area contributed by atoms with Crippen LogP contribution in [0.1, 0.15) is 19.3 Å². The van der Waals surface area contributed by atoms with Crippen molar-refractivity contribution in [1.29, 1.82) is 0 Å². The third-order valence-corrected chi connectivity index (χ3v) is 5.98. The molecule has 1 unspecified atom stereocenters. The summed E-state index contributed by atoms with van der Waals surface area (Å²) in [4.78, 5) is 24.6. The molecule has 0 spiro atoms. The Hall–Kier alpha value is -2.42. The molecule has 2 amide bonds. The molecular weight excluding hydrogens is 346 g/mol. The van der Waals surface area contributed by atoms with Gasteiger partial charge in [0.05, 0.1) is 30.3 Å². The Bertz CT molecular complexity index is 834. The van der Waals surface area contributed by atoms with Gasteiger partial charge in [-0.2, -0.15) is 5.10 Å². The number of ether oxygens (including phenoxy) is 1. The van der Waals surface area contributed by atoms with Gasteiger partial charge in [0.1, 0.15) is 11.5 Å². The zero-order chi connectivity index (χ0) is 18.0. The van der Waals surface area contributed by atoms with Gasteiger partial charge in [-0.3, -0.25) is 9.59 Å². The lowest BCUT2D eigenvalue weighted by atomic mass is 10.1. The zero-order valence-electron chi connectivity index (χ0n) is 13.8. The Morgan fingerprint density at radius 2 is 2.08 bits per heavy atom. The third kappa shape index (κ3) is 3.81. The molecule has 2 heterocycles. The number of nitrogens with zero attached hydrogens (tertiary/aromatic N) is 2. The van der Waals surface area contributed by atoms with Crippen molar-refractivity contribution in [2.24, 2.45) is 5.10 Å². The lowest BCUT2D eigenvalue weighted by molar-refractivity contribution is -0.133. The van der Waals surface area contributed by atoms with Crippen LogP contribution in [0.5, 0.6) is 5.75 Å². The third-order valence-electron chi connectivity index (χ3n) is 4.23. The van der Waals surface area contributed by atoms with Crippen LogP contribution >= 0.6 is 0 Å². The van der Waals surface area contributed by atoms with Gasteiger partial charge in [-0.15, -0.1) is 0 Å². The highest BCUT2D eigenvalue weighted by molar-refractivity contribution is 7.91. The van der Waals surface area contributed by atoms with Gasteiger partial charge in [-0.1, -0.05) is 12.1 Å². The van der Waals surface area contributed by atoms with Crippen LogP contribution in [0.15, 0.2) is 29.4 Å². The van der Waals surface area contributed by atoms with E-state index in [1.54, 1.807) is 24.3 Å². The molecule has 0 radical (unpaired) electrons. The van der Waals surface area contributed by atoms with Gasteiger partial charge in [-0.05, 0) is 18.6 Å². The SMILES string of the molecule is COc1ccccc1NC(=O)C1=NN(C2CCS(=O)(=O)C2)C(=O)CC1. The maximum Gasteiger partial charge on any atom is 0.271 e. The molecule has 8 nitrogen and oxygen atoms in total. The van der Waals surface area contributed by atoms with Crippen LogP contribution in [0.2, 0.25) is 0 Å². The fourth-order valence-electron chi connectivity index (χ4n) is 2.93. The highest BCUT2D eigenvalue weighted by atomic mass is 32.2. The molecule has 134 valence electrons. The molecule has 0 aliphatic carbocycles. The number of hydrazone groups is 1. The number of anilines is 1. The van der Waals surface area contributed by atoms with Gasteiger partial charge in [0.25, 0.3) is 5.91 Å². The summed E-state index contributed by atoms with van der Waals surface area (Å²) in [5.41, 5.74) is 0.708. The predicted molar refractivity (Wildman–Crippen MR) is 92.2 cm³/mol. The normalized spacial score (nSPS) is 22.4. The van der Waals surface area contributed by atoms with E-state index in [9.17, 15) is 18.0 Å². The minimum atomic E-state index is -3.14. The van der Waals surface area contributed by atoms with E-state index in [0.29, 0.717) is 17.9 Å². The van der Waals surface area contributed by atoms with Crippen LogP contribution < -0.4 is 10.1 Å². The number of hydrogen-bond donors (Lipinski definition) is 1. The summed E-state index contributed by atoms with van der Waals surface area (Å²) in [5.74, 6) is -0.232. The Balaban J connectivity index is 1.78. The van der Waals surface area contributed by atoms with E-state index >= 15 is 0 Å². The van der Waals surface area contributed by atoms with Crippen molar-refractivity contribution in [3.63, 3.8) is 0 Å². The van der Waals surface area contributed by atoms with Gasteiger partial charge in [0, 0.05) is 12.8 Å². The summed E-state index contributed by atoms with van der Waals surface area (Å²) in [6, 6.07) is 6.48. The molecule has 1 saturated heterocycles. The van der Waals surface area contributed by atoms with Gasteiger partial charge in [0.2, 0.25) is 5.91 Å². The second kappa shape index (κ2) is 6.83. The average Bonchev–Trinajstić information content (AvgIpc) is 2.95. The largest absolute Gasteiger partial charge is 0.495 e. The monoisotopic (exact) mass is 365 g/mol. The molecule has 3 rings (SSSR count). The number of carbonyl (C=O) groups excluding carboxylic acids is 2. The first-order valence-corrected chi connectivity index (χ1v) is 9.76. The topological polar surface area (TPSA) is 105 Å². The first-order chi connectivity index (χ1) is 11.9. The summed E-state index contributed by atoms with van der Waals surface area (Å²) in [7, 11) is -1.64. The van der Waals surface area contributed by atoms with Crippen molar-refractivity contribution in [3.8, 4) is 5.75 Å². The minimum Gasteiger partial charge on any atom is -0.495 e. The quantitative estimate of drug-likeness (QED) is 0.850. The molecule has 2 aliphatic heterocycles. The molecule has 1 atom stereocenters. The number of carbonyl (C=O) groups is 2. The fraction of sp³-hybridized carbons (Fsp3) is 0.438. The van der Waals surface area contributed by atoms with E-state index in [1.165, 1.54) is 12.1 Å². The van der Waals surface area contributed by atoms with Crippen molar-refractivity contribution >= 4 is 33.1 Å². The molecule has 1 aromatic rings. The lowest BCUT2D eigenvalue weighted by Gasteiger charge is -2.27. The molecule has 0 aromatic heterocycles. The second-order valence-electron chi connectivity index (χ2n) is 6.00. The van der Waals surface area contributed by atoms with E-state index in [4.69, 9.17) is 4.74 Å². The summed E-state index contributed by atoms with van der Waals surface area (Å²) in [6.07, 6.45) is 0.698. The summed E-state index contributed by atoms with van der Waals surface area (Å²) in [6.45, 7) is 0. The molecule has 1 N–H and O–H groups in total. The number of hydrogen-bond acceptors (Lipinski definition) is 6. The molecule has 0 bridgehead atoms. The molecule has 25 heavy (non-hydrogen) atoms. The van der Waals surface area contributed by atoms with Crippen LogP contribution in [0.25, 0.3) is 0 Å². The summed E-state index contributed by atoms with van der Waals surface area (Å²) < 4.78 is 28.5. The van der Waals surface area contributed by atoms with Crippen molar-refractivity contribution < 1.29 is 22.7 Å². The smallest absolute Gasteiger partial charge is 0.271 e. The van der Waals surface area contributed by atoms with Gasteiger partial charge in [-0.25, -0.2) is 13.4 Å². The van der Waals surface area contributed by atoms with E-state index in [-0.39, 0.29) is 36.0 Å². The molecule has 2 aliphatic rings. The summed E-state index contributed by atoms with van der Waals surface area (Å²) in [5, 5.41) is 8.04. The Morgan fingerprint density at radius 3 is 2.76 bits per heavy atom. The molecule has 1 aromatic carbocycles. The van der Waals surface area contributed by atoms with E-state index in [0.717, 1.165) is 0 Å². The van der Waals surface area contributed by atoms with Crippen LogP contribution in [0, 0.1) is 0 Å². The van der Waals surface area contributed by atoms with Crippen molar-refractivity contribution in [2.75, 3.05) is 23.9 Å². The number of rotatable bonds is 4. The van der Waals surface area contributed by atoms with E-state index in [2.05, 4.69) is 10.4 Å². The molecule has 0 saturated carbocycles. The second-order valence-corrected chi connectivity index (χ2v) is 8.22. The maximum atomic E-state index is 12.5. The highest BCUT2D eigenvalue weighted by Crippen LogP contribution is 2.25. The van der Waals surface area contributed by atoms with E-state index < -0.39 is 21.8 Å². The maximum absolute atomic E-state index is 12.5. The summed E-state index contributed by atoms with van der Waals surface area (Å²) >= 11 is 0. The van der Waals surface area contributed by atoms with Gasteiger partial charge < -0.3 is 10.1 Å². The molecule has 9 heteroatoms. The average molecular weight is 365 g/mol. The van der Waals surface area contributed by atoms with Crippen LogP contribution in [0.4, 0.5) is 5.69 Å². The number of methoxy groups -OCH3 is 1. The first-order valence-electron chi connectivity index (χ1n) is 7.94. The lowest BCUT2D eigenvalue weighted by Crippen LogP contribution is -2.42. The Labute approximate surface area is 145 Å². The van der Waals surface area contributed by atoms with Crippen LogP contribution in [-0.2, 0) is 19.4 Å². The van der Waals surface area contributed by atoms with Crippen LogP contribution in [0.3, 0.4) is 0 Å². The number of sulfone groups is 1. The molecule has 1 fully saturated rings. The minimum absolute atomic E-state index is 0.0414. The zero-order valence-corrected chi connectivity index (χ0v) is 14.6. The Morgan fingerprint density at radius 1 is 1.32 bits per heavy atom.